The quantitative estimate of drug-likeness (QED) is 0.450. The number of hydrogen-bond acceptors (Lipinski definition) is 7. The molecule has 3 saturated carbocycles. The van der Waals surface area contributed by atoms with E-state index >= 15 is 0 Å². The van der Waals surface area contributed by atoms with Crippen molar-refractivity contribution in [3.63, 3.8) is 0 Å². The van der Waals surface area contributed by atoms with Gasteiger partial charge in [0.1, 0.15) is 6.26 Å². The van der Waals surface area contributed by atoms with Gasteiger partial charge in [0.05, 0.1) is 35.9 Å². The fourth-order valence-electron chi connectivity index (χ4n) is 7.75. The number of rotatable bonds is 9. The molecule has 0 aromatic heterocycles. The second-order valence-corrected chi connectivity index (χ2v) is 13.9. The van der Waals surface area contributed by atoms with Crippen LogP contribution in [0.25, 0.3) is 0 Å². The maximum Gasteiger partial charge on any atom is 0.481 e. The Balaban J connectivity index is 1.21. The van der Waals surface area contributed by atoms with Crippen molar-refractivity contribution in [3.8, 4) is 0 Å². The number of nitrogens with one attached hydrogen (secondary N) is 1. The number of hydrogen-bond donors (Lipinski definition) is 1. The fraction of sp³-hybridized carbons (Fsp3) is 0.677. The van der Waals surface area contributed by atoms with Crippen LogP contribution in [0.3, 0.4) is 0 Å². The summed E-state index contributed by atoms with van der Waals surface area (Å²) >= 11 is 0. The number of carbonyl (C=O) groups excluding carboxylic acids is 1. The first-order valence-electron chi connectivity index (χ1n) is 15.0. The van der Waals surface area contributed by atoms with E-state index in [9.17, 15) is 4.79 Å². The molecule has 3 aliphatic carbocycles. The molecule has 6 aliphatic rings. The van der Waals surface area contributed by atoms with Crippen LogP contribution in [0.4, 0.5) is 0 Å². The molecule has 1 amide bonds. The fourth-order valence-corrected chi connectivity index (χ4v) is 7.75. The van der Waals surface area contributed by atoms with E-state index in [-0.39, 0.29) is 35.0 Å². The Bertz CT molecular complexity index is 1170. The molecule has 2 bridgehead atoms. The normalized spacial score (nSPS) is 36.5. The monoisotopic (exact) mass is 549 g/mol. The number of benzene rings is 1. The van der Waals surface area contributed by atoms with Gasteiger partial charge in [0.25, 0.3) is 5.91 Å². The number of oxime groups is 1. The van der Waals surface area contributed by atoms with Crippen LogP contribution in [-0.4, -0.2) is 59.6 Å². The van der Waals surface area contributed by atoms with E-state index in [1.807, 2.05) is 41.5 Å². The molecule has 3 aliphatic heterocycles. The predicted octanol–water partition coefficient (Wildman–Crippen LogP) is 4.69. The minimum absolute atomic E-state index is 0.0628. The highest BCUT2D eigenvalue weighted by atomic mass is 16.7. The second kappa shape index (κ2) is 10.2. The van der Waals surface area contributed by atoms with E-state index in [1.165, 1.54) is 6.42 Å². The van der Waals surface area contributed by atoms with Gasteiger partial charge in [0.15, 0.2) is 0 Å². The molecule has 0 radical (unpaired) electrons. The van der Waals surface area contributed by atoms with E-state index < -0.39 is 12.7 Å². The summed E-state index contributed by atoms with van der Waals surface area (Å²) in [7, 11) is -0.489. The van der Waals surface area contributed by atoms with Gasteiger partial charge in [0.2, 0.25) is 5.60 Å². The zero-order chi connectivity index (χ0) is 28.3. The van der Waals surface area contributed by atoms with Gasteiger partial charge in [-0.3, -0.25) is 4.79 Å². The van der Waals surface area contributed by atoms with Crippen LogP contribution >= 0.6 is 0 Å². The number of hydroxylamine groups is 2. The maximum absolute atomic E-state index is 14.3. The summed E-state index contributed by atoms with van der Waals surface area (Å²) in [6, 6.07) is 10.1. The summed E-state index contributed by atoms with van der Waals surface area (Å²) in [6.07, 6.45) is 7.50. The van der Waals surface area contributed by atoms with E-state index in [1.54, 1.807) is 6.26 Å². The first-order valence-corrected chi connectivity index (χ1v) is 15.0. The van der Waals surface area contributed by atoms with Gasteiger partial charge in [-0.1, -0.05) is 63.2 Å². The minimum Gasteiger partial charge on any atom is -0.413 e. The summed E-state index contributed by atoms with van der Waals surface area (Å²) in [5, 5.41) is 9.61. The van der Waals surface area contributed by atoms with Crippen LogP contribution in [0.2, 0.25) is 0 Å². The van der Waals surface area contributed by atoms with E-state index in [4.69, 9.17) is 19.0 Å². The third-order valence-electron chi connectivity index (χ3n) is 10.3. The molecule has 8 nitrogen and oxygen atoms in total. The lowest BCUT2D eigenvalue weighted by molar-refractivity contribution is -0.199. The van der Waals surface area contributed by atoms with Gasteiger partial charge in [-0.25, -0.2) is 0 Å². The SMILES string of the molecule is CC(C)C[C@H](NC(=O)C1(Cc2ccccc2)CC(CN2OC=CC2C)=NO1)B1O[C@@H]2C[C@@H]3C[C@@H](C3(C)C)[C@]2(C)O1. The molecule has 4 fully saturated rings. The summed E-state index contributed by atoms with van der Waals surface area (Å²) < 4.78 is 13.4. The van der Waals surface area contributed by atoms with Crippen molar-refractivity contribution >= 4 is 18.7 Å². The molecular weight excluding hydrogens is 505 g/mol. The van der Waals surface area contributed by atoms with Gasteiger partial charge >= 0.3 is 7.12 Å². The highest BCUT2D eigenvalue weighted by Gasteiger charge is 2.68. The highest BCUT2D eigenvalue weighted by Crippen LogP contribution is 2.65. The Labute approximate surface area is 238 Å². The van der Waals surface area contributed by atoms with Crippen molar-refractivity contribution < 1.29 is 23.8 Å². The molecule has 1 aromatic rings. The molecular formula is C31H44BN3O5. The zero-order valence-corrected chi connectivity index (χ0v) is 24.8. The van der Waals surface area contributed by atoms with Crippen LogP contribution < -0.4 is 5.32 Å². The van der Waals surface area contributed by atoms with Crippen LogP contribution in [0, 0.1) is 23.2 Å². The van der Waals surface area contributed by atoms with Gasteiger partial charge in [-0.15, -0.1) is 5.06 Å². The molecule has 7 atom stereocenters. The number of nitrogens with zero attached hydrogens (tertiary/aromatic N) is 2. The van der Waals surface area contributed by atoms with Gasteiger partial charge in [0, 0.05) is 12.8 Å². The summed E-state index contributed by atoms with van der Waals surface area (Å²) in [5.74, 6) is 1.02. The van der Waals surface area contributed by atoms with Crippen molar-refractivity contribution in [3.05, 3.63) is 48.2 Å². The molecule has 0 spiro atoms. The molecule has 7 rings (SSSR count). The Hall–Kier alpha value is -2.36. The van der Waals surface area contributed by atoms with E-state index in [0.717, 1.165) is 24.1 Å². The Morgan fingerprint density at radius 1 is 1.20 bits per heavy atom. The Morgan fingerprint density at radius 3 is 2.65 bits per heavy atom. The molecule has 1 aromatic carbocycles. The molecule has 2 unspecified atom stereocenters. The van der Waals surface area contributed by atoms with Crippen LogP contribution in [0.5, 0.6) is 0 Å². The van der Waals surface area contributed by atoms with Gasteiger partial charge in [-0.2, -0.15) is 0 Å². The summed E-state index contributed by atoms with van der Waals surface area (Å²) in [4.78, 5) is 26.0. The van der Waals surface area contributed by atoms with Crippen molar-refractivity contribution in [1.82, 2.24) is 10.4 Å². The van der Waals surface area contributed by atoms with E-state index in [2.05, 4.69) is 52.0 Å². The topological polar surface area (TPSA) is 81.6 Å². The van der Waals surface area contributed by atoms with Gasteiger partial charge < -0.3 is 24.3 Å². The first-order chi connectivity index (χ1) is 19.0. The molecule has 1 N–H and O–H groups in total. The predicted molar refractivity (Wildman–Crippen MR) is 154 cm³/mol. The standard InChI is InChI=1S/C31H44BN3O5/c1-20(2)14-27(32-38-26-16-23-15-25(29(23,4)5)30(26,6)39-32)33-28(36)31(17-22-10-8-7-9-11-22)18-24(34-40-31)19-35-21(3)12-13-37-35/h7-13,20-21,23,25-27H,14-19H2,1-6H3,(H,33,36)/t21?,23-,25-,26+,27-,30-,31?/m0/s1. The Morgan fingerprint density at radius 2 is 1.98 bits per heavy atom. The summed E-state index contributed by atoms with van der Waals surface area (Å²) in [6.45, 7) is 13.8. The average Bonchev–Trinajstić information content (AvgIpc) is 3.61. The lowest BCUT2D eigenvalue weighted by Gasteiger charge is -2.64. The third-order valence-corrected chi connectivity index (χ3v) is 10.3. The van der Waals surface area contributed by atoms with Crippen LogP contribution in [0.1, 0.15) is 72.8 Å². The van der Waals surface area contributed by atoms with Crippen LogP contribution in [0.15, 0.2) is 47.8 Å². The lowest BCUT2D eigenvalue weighted by Crippen LogP contribution is -2.65. The lowest BCUT2D eigenvalue weighted by atomic mass is 9.43. The molecule has 40 heavy (non-hydrogen) atoms. The molecule has 1 saturated heterocycles. The summed E-state index contributed by atoms with van der Waals surface area (Å²) in [5.41, 5.74) is 0.593. The van der Waals surface area contributed by atoms with Crippen molar-refractivity contribution in [2.24, 2.45) is 28.3 Å². The second-order valence-electron chi connectivity index (χ2n) is 13.9. The smallest absolute Gasteiger partial charge is 0.413 e. The highest BCUT2D eigenvalue weighted by molar-refractivity contribution is 6.48. The molecule has 9 heteroatoms. The van der Waals surface area contributed by atoms with Crippen molar-refractivity contribution in [2.75, 3.05) is 6.54 Å². The number of carbonyl (C=O) groups is 1. The number of amides is 1. The first kappa shape index (κ1) is 27.8. The third kappa shape index (κ3) is 4.78. The molecule has 3 heterocycles. The minimum atomic E-state index is -1.15. The maximum atomic E-state index is 14.3. The van der Waals surface area contributed by atoms with E-state index in [0.29, 0.717) is 37.1 Å². The molecule has 216 valence electrons. The van der Waals surface area contributed by atoms with Crippen molar-refractivity contribution in [1.29, 1.82) is 0 Å². The van der Waals surface area contributed by atoms with Gasteiger partial charge in [-0.05, 0) is 67.9 Å². The zero-order valence-electron chi connectivity index (χ0n) is 24.8. The largest absolute Gasteiger partial charge is 0.481 e. The average molecular weight is 550 g/mol. The van der Waals surface area contributed by atoms with Crippen LogP contribution in [-0.2, 0) is 30.2 Å². The Kier molecular flexibility index (Phi) is 7.07. The van der Waals surface area contributed by atoms with Crippen molar-refractivity contribution in [2.45, 2.75) is 103 Å².